The lowest BCUT2D eigenvalue weighted by Gasteiger charge is -2.07. The van der Waals surface area contributed by atoms with E-state index in [0.717, 1.165) is 16.4 Å². The molecule has 0 aliphatic heterocycles. The minimum atomic E-state index is -4.47. The van der Waals surface area contributed by atoms with Gasteiger partial charge in [-0.15, -0.1) is 11.3 Å². The summed E-state index contributed by atoms with van der Waals surface area (Å²) in [6.07, 6.45) is -0.888. The summed E-state index contributed by atoms with van der Waals surface area (Å²) < 4.78 is 40.9. The van der Waals surface area contributed by atoms with Gasteiger partial charge in [0.1, 0.15) is 0 Å². The molecule has 0 amide bonds. The summed E-state index contributed by atoms with van der Waals surface area (Å²) in [5, 5.41) is 5.44. The van der Waals surface area contributed by atoms with Crippen LogP contribution in [0.4, 0.5) is 13.2 Å². The maximum absolute atomic E-state index is 12.7. The van der Waals surface area contributed by atoms with Gasteiger partial charge in [0.15, 0.2) is 16.5 Å². The number of nitrogens with two attached hydrogens (primary N) is 1. The zero-order chi connectivity index (χ0) is 15.2. The van der Waals surface area contributed by atoms with Gasteiger partial charge < -0.3 is 5.73 Å². The molecule has 0 aromatic carbocycles. The summed E-state index contributed by atoms with van der Waals surface area (Å²) in [5.74, 6) is 0.384. The quantitative estimate of drug-likeness (QED) is 0.808. The third-order valence-electron chi connectivity index (χ3n) is 2.95. The van der Waals surface area contributed by atoms with E-state index in [0.29, 0.717) is 17.2 Å². The third-order valence-corrected chi connectivity index (χ3v) is 3.71. The van der Waals surface area contributed by atoms with Crippen molar-refractivity contribution in [3.05, 3.63) is 35.2 Å². The van der Waals surface area contributed by atoms with Crippen LogP contribution in [0.3, 0.4) is 0 Å². The number of hydrogen-bond donors (Lipinski definition) is 1. The number of rotatable bonds is 3. The minimum absolute atomic E-state index is 0.138. The number of nitrogens with zero attached hydrogens (tertiary/aromatic N) is 4. The van der Waals surface area contributed by atoms with E-state index in [-0.39, 0.29) is 6.04 Å². The molecule has 5 nitrogen and oxygen atoms in total. The van der Waals surface area contributed by atoms with Crippen molar-refractivity contribution in [3.8, 4) is 5.82 Å². The van der Waals surface area contributed by atoms with Gasteiger partial charge in [-0.25, -0.2) is 4.68 Å². The van der Waals surface area contributed by atoms with Crippen LogP contribution in [-0.2, 0) is 12.6 Å². The molecule has 2 N–H and O–H groups in total. The average molecular weight is 315 g/mol. The predicted octanol–water partition coefficient (Wildman–Crippen LogP) is 2.49. The van der Waals surface area contributed by atoms with Gasteiger partial charge in [-0.05, 0) is 13.0 Å². The second kappa shape index (κ2) is 4.85. The highest BCUT2D eigenvalue weighted by atomic mass is 32.1. The van der Waals surface area contributed by atoms with Gasteiger partial charge in [0, 0.05) is 30.2 Å². The zero-order valence-corrected chi connectivity index (χ0v) is 11.8. The lowest BCUT2D eigenvalue weighted by Crippen LogP contribution is -2.20. The van der Waals surface area contributed by atoms with E-state index in [9.17, 15) is 13.2 Å². The summed E-state index contributed by atoms with van der Waals surface area (Å²) in [6.45, 7) is 1.83. The van der Waals surface area contributed by atoms with Crippen molar-refractivity contribution < 1.29 is 13.2 Å². The Bertz CT molecular complexity index is 767. The molecule has 1 atom stereocenters. The van der Waals surface area contributed by atoms with E-state index < -0.39 is 11.9 Å². The van der Waals surface area contributed by atoms with Crippen LogP contribution in [0.15, 0.2) is 23.8 Å². The highest BCUT2D eigenvalue weighted by molar-refractivity contribution is 7.15. The van der Waals surface area contributed by atoms with Crippen LogP contribution < -0.4 is 5.73 Å². The first-order valence-corrected chi connectivity index (χ1v) is 7.07. The SMILES string of the molecule is CC(N)Cc1c(-n2ccc(C(F)(F)F)n2)nc2sccn12. The first-order chi connectivity index (χ1) is 9.86. The van der Waals surface area contributed by atoms with Crippen LogP contribution in [0, 0.1) is 0 Å². The van der Waals surface area contributed by atoms with Crippen molar-refractivity contribution in [2.24, 2.45) is 5.73 Å². The molecule has 112 valence electrons. The fourth-order valence-electron chi connectivity index (χ4n) is 2.09. The van der Waals surface area contributed by atoms with E-state index >= 15 is 0 Å². The van der Waals surface area contributed by atoms with Gasteiger partial charge in [-0.3, -0.25) is 4.40 Å². The van der Waals surface area contributed by atoms with Gasteiger partial charge in [0.25, 0.3) is 0 Å². The molecule has 21 heavy (non-hydrogen) atoms. The Kier molecular flexibility index (Phi) is 3.25. The Morgan fingerprint density at radius 1 is 1.38 bits per heavy atom. The van der Waals surface area contributed by atoms with E-state index in [1.807, 2.05) is 22.9 Å². The average Bonchev–Trinajstić information content (AvgIpc) is 3.03. The number of aromatic nitrogens is 4. The maximum Gasteiger partial charge on any atom is 0.435 e. The molecule has 3 aromatic rings. The number of imidazole rings is 1. The van der Waals surface area contributed by atoms with Crippen LogP contribution in [0.1, 0.15) is 18.3 Å². The van der Waals surface area contributed by atoms with Crippen LogP contribution in [0.2, 0.25) is 0 Å². The molecule has 3 aromatic heterocycles. The van der Waals surface area contributed by atoms with Crippen molar-refractivity contribution in [3.63, 3.8) is 0 Å². The van der Waals surface area contributed by atoms with Gasteiger partial charge in [0.2, 0.25) is 0 Å². The molecule has 0 saturated heterocycles. The van der Waals surface area contributed by atoms with Crippen molar-refractivity contribution in [2.75, 3.05) is 0 Å². The minimum Gasteiger partial charge on any atom is -0.328 e. The summed E-state index contributed by atoms with van der Waals surface area (Å²) in [6, 6.07) is 0.796. The van der Waals surface area contributed by atoms with Gasteiger partial charge in [0.05, 0.1) is 5.69 Å². The van der Waals surface area contributed by atoms with E-state index in [1.54, 1.807) is 0 Å². The second-order valence-electron chi connectivity index (χ2n) is 4.76. The zero-order valence-electron chi connectivity index (χ0n) is 11.0. The van der Waals surface area contributed by atoms with Crippen LogP contribution in [0.25, 0.3) is 10.8 Å². The fourth-order valence-corrected chi connectivity index (χ4v) is 2.82. The van der Waals surface area contributed by atoms with E-state index in [1.165, 1.54) is 17.5 Å². The molecular formula is C12H12F3N5S. The van der Waals surface area contributed by atoms with Crippen LogP contribution in [-0.4, -0.2) is 25.2 Å². The van der Waals surface area contributed by atoms with Gasteiger partial charge in [-0.2, -0.15) is 23.3 Å². The maximum atomic E-state index is 12.7. The normalized spacial score (nSPS) is 14.0. The second-order valence-corrected chi connectivity index (χ2v) is 5.64. The van der Waals surface area contributed by atoms with Crippen LogP contribution >= 0.6 is 11.3 Å². The number of hydrogen-bond acceptors (Lipinski definition) is 4. The number of alkyl halides is 3. The van der Waals surface area contributed by atoms with Crippen LogP contribution in [0.5, 0.6) is 0 Å². The molecule has 0 radical (unpaired) electrons. The summed E-state index contributed by atoms with van der Waals surface area (Å²) in [5.41, 5.74) is 5.63. The fraction of sp³-hybridized carbons (Fsp3) is 0.333. The first kappa shape index (κ1) is 14.1. The highest BCUT2D eigenvalue weighted by Crippen LogP contribution is 2.29. The summed E-state index contributed by atoms with van der Waals surface area (Å²) in [7, 11) is 0. The molecule has 9 heteroatoms. The van der Waals surface area contributed by atoms with E-state index in [4.69, 9.17) is 5.73 Å². The molecule has 0 fully saturated rings. The standard InChI is InChI=1S/C12H12F3N5S/c1-7(16)6-8-10(17-11-19(8)4-5-21-11)20-3-2-9(18-20)12(13,14)15/h2-5,7H,6,16H2,1H3. The Labute approximate surface area is 121 Å². The molecular weight excluding hydrogens is 303 g/mol. The largest absolute Gasteiger partial charge is 0.435 e. The molecule has 0 saturated carbocycles. The Hall–Kier alpha value is -1.87. The monoisotopic (exact) mass is 315 g/mol. The molecule has 0 spiro atoms. The molecule has 0 bridgehead atoms. The number of fused-ring (bicyclic) bond motifs is 1. The molecule has 0 aliphatic carbocycles. The van der Waals surface area contributed by atoms with Crippen molar-refractivity contribution >= 4 is 16.3 Å². The summed E-state index contributed by atoms with van der Waals surface area (Å²) in [4.78, 5) is 5.05. The van der Waals surface area contributed by atoms with Crippen molar-refractivity contribution in [1.29, 1.82) is 0 Å². The highest BCUT2D eigenvalue weighted by Gasteiger charge is 2.34. The van der Waals surface area contributed by atoms with Gasteiger partial charge >= 0.3 is 6.18 Å². The summed E-state index contributed by atoms with van der Waals surface area (Å²) >= 11 is 1.40. The number of thiazole rings is 1. The van der Waals surface area contributed by atoms with Crippen molar-refractivity contribution in [2.45, 2.75) is 25.6 Å². The lowest BCUT2D eigenvalue weighted by molar-refractivity contribution is -0.141. The van der Waals surface area contributed by atoms with Gasteiger partial charge in [-0.1, -0.05) is 0 Å². The predicted molar refractivity (Wildman–Crippen MR) is 72.5 cm³/mol. The lowest BCUT2D eigenvalue weighted by atomic mass is 10.2. The molecule has 3 heterocycles. The topological polar surface area (TPSA) is 61.1 Å². The number of halogens is 3. The third kappa shape index (κ3) is 2.54. The van der Waals surface area contributed by atoms with Crippen molar-refractivity contribution in [1.82, 2.24) is 19.2 Å². The van der Waals surface area contributed by atoms with E-state index in [2.05, 4.69) is 10.1 Å². The molecule has 3 rings (SSSR count). The molecule has 0 aliphatic rings. The Balaban J connectivity index is 2.11. The Morgan fingerprint density at radius 3 is 2.76 bits per heavy atom. The smallest absolute Gasteiger partial charge is 0.328 e. The molecule has 1 unspecified atom stereocenters. The first-order valence-electron chi connectivity index (χ1n) is 6.19. The Morgan fingerprint density at radius 2 is 2.14 bits per heavy atom.